The largest absolute Gasteiger partial charge is 0.460 e. The molecule has 0 atom stereocenters. The maximum atomic E-state index is 13.1. The zero-order chi connectivity index (χ0) is 25.8. The van der Waals surface area contributed by atoms with Crippen LogP contribution in [-0.2, 0) is 25.6 Å². The molecule has 4 rings (SSSR count). The Bertz CT molecular complexity index is 881. The molecule has 0 spiro atoms. The Morgan fingerprint density at radius 3 is 2.25 bits per heavy atom. The summed E-state index contributed by atoms with van der Waals surface area (Å²) in [6.07, 6.45) is 6.61. The van der Waals surface area contributed by atoms with Crippen LogP contribution in [0.5, 0.6) is 0 Å². The fourth-order valence-corrected chi connectivity index (χ4v) is 5.59. The zero-order valence-corrected chi connectivity index (χ0v) is 22.6. The van der Waals surface area contributed by atoms with Crippen LogP contribution in [0.15, 0.2) is 30.3 Å². The lowest BCUT2D eigenvalue weighted by atomic mass is 9.67. The first-order valence-corrected chi connectivity index (χ1v) is 13.6. The summed E-state index contributed by atoms with van der Waals surface area (Å²) in [5.74, 6) is -0.0591. The Labute approximate surface area is 216 Å². The van der Waals surface area contributed by atoms with Crippen LogP contribution in [0.1, 0.15) is 71.3 Å². The van der Waals surface area contributed by atoms with E-state index in [9.17, 15) is 9.59 Å². The maximum absolute atomic E-state index is 13.1. The lowest BCUT2D eigenvalue weighted by molar-refractivity contribution is -0.165. The molecular formula is C29H44N2O5. The van der Waals surface area contributed by atoms with Gasteiger partial charge in [-0.05, 0) is 77.9 Å². The summed E-state index contributed by atoms with van der Waals surface area (Å²) in [4.78, 5) is 30.5. The number of ether oxygens (including phenoxy) is 3. The summed E-state index contributed by atoms with van der Waals surface area (Å²) in [6, 6.07) is 10.2. The van der Waals surface area contributed by atoms with Crippen LogP contribution >= 0.6 is 0 Å². The monoisotopic (exact) mass is 500 g/mol. The molecule has 0 bridgehead atoms. The van der Waals surface area contributed by atoms with Gasteiger partial charge >= 0.3 is 12.1 Å². The zero-order valence-electron chi connectivity index (χ0n) is 22.6. The predicted molar refractivity (Wildman–Crippen MR) is 138 cm³/mol. The highest BCUT2D eigenvalue weighted by Crippen LogP contribution is 2.45. The van der Waals surface area contributed by atoms with Crippen molar-refractivity contribution in [1.82, 2.24) is 9.80 Å². The molecule has 2 saturated carbocycles. The van der Waals surface area contributed by atoms with Gasteiger partial charge in [0, 0.05) is 31.7 Å². The Morgan fingerprint density at radius 1 is 1.06 bits per heavy atom. The lowest BCUT2D eigenvalue weighted by Crippen LogP contribution is -2.54. The average Bonchev–Trinajstić information content (AvgIpc) is 3.65. The number of rotatable bonds is 10. The highest BCUT2D eigenvalue weighted by Gasteiger charge is 2.49. The molecule has 0 radical (unpaired) electrons. The van der Waals surface area contributed by atoms with E-state index in [1.54, 1.807) is 7.11 Å². The van der Waals surface area contributed by atoms with Crippen molar-refractivity contribution in [3.05, 3.63) is 35.9 Å². The van der Waals surface area contributed by atoms with E-state index in [4.69, 9.17) is 14.2 Å². The molecule has 1 aromatic rings. The number of carbonyl (C=O) groups is 2. The van der Waals surface area contributed by atoms with Crippen molar-refractivity contribution in [3.63, 3.8) is 0 Å². The van der Waals surface area contributed by atoms with Crippen molar-refractivity contribution >= 4 is 12.1 Å². The van der Waals surface area contributed by atoms with E-state index < -0.39 is 5.60 Å². The van der Waals surface area contributed by atoms with Crippen LogP contribution in [0.4, 0.5) is 4.79 Å². The quantitative estimate of drug-likeness (QED) is 0.420. The number of hydrogen-bond donors (Lipinski definition) is 0. The van der Waals surface area contributed by atoms with Gasteiger partial charge < -0.3 is 24.0 Å². The average molecular weight is 501 g/mol. The summed E-state index contributed by atoms with van der Waals surface area (Å²) in [6.45, 7) is 9.91. The SMILES string of the molecule is COCC1(CN(C(=O)OC(C)(C)C)C2CC2)CCN(CC2(C(=O)OCc3ccccc3)CCC2)CC1. The third-order valence-corrected chi connectivity index (χ3v) is 7.97. The van der Waals surface area contributed by atoms with Crippen LogP contribution in [0.25, 0.3) is 0 Å². The lowest BCUT2D eigenvalue weighted by Gasteiger charge is -2.48. The second kappa shape index (κ2) is 11.1. The van der Waals surface area contributed by atoms with Gasteiger partial charge in [0.1, 0.15) is 12.2 Å². The molecule has 1 aliphatic heterocycles. The van der Waals surface area contributed by atoms with E-state index in [2.05, 4.69) is 4.90 Å². The van der Waals surface area contributed by atoms with Crippen LogP contribution < -0.4 is 0 Å². The summed E-state index contributed by atoms with van der Waals surface area (Å²) in [5, 5.41) is 0. The molecule has 1 amide bonds. The molecule has 0 N–H and O–H groups in total. The molecule has 200 valence electrons. The molecular weight excluding hydrogens is 456 g/mol. The molecule has 0 unspecified atom stereocenters. The smallest absolute Gasteiger partial charge is 0.410 e. The van der Waals surface area contributed by atoms with Gasteiger partial charge in [-0.3, -0.25) is 4.79 Å². The Kier molecular flexibility index (Phi) is 8.30. The number of amides is 1. The van der Waals surface area contributed by atoms with Gasteiger partial charge in [0.05, 0.1) is 12.0 Å². The van der Waals surface area contributed by atoms with Gasteiger partial charge in [0.25, 0.3) is 0 Å². The van der Waals surface area contributed by atoms with Gasteiger partial charge in [0.2, 0.25) is 0 Å². The molecule has 1 saturated heterocycles. The molecule has 7 nitrogen and oxygen atoms in total. The molecule has 7 heteroatoms. The number of benzene rings is 1. The van der Waals surface area contributed by atoms with Crippen molar-refractivity contribution < 1.29 is 23.8 Å². The standard InChI is InChI=1S/C29H44N2O5/c1-27(2,3)36-26(33)31(24-11-12-24)20-28(22-34-4)15-17-30(18-16-28)21-29(13-8-14-29)25(32)35-19-23-9-6-5-7-10-23/h5-7,9-10,24H,8,11-22H2,1-4H3. The number of nitrogens with zero attached hydrogens (tertiary/aromatic N) is 2. The third-order valence-electron chi connectivity index (χ3n) is 7.97. The van der Waals surface area contributed by atoms with E-state index in [-0.39, 0.29) is 28.9 Å². The molecule has 1 heterocycles. The Morgan fingerprint density at radius 2 is 1.72 bits per heavy atom. The highest BCUT2D eigenvalue weighted by atomic mass is 16.6. The molecule has 0 aromatic heterocycles. The first-order valence-electron chi connectivity index (χ1n) is 13.6. The molecule has 3 fully saturated rings. The third kappa shape index (κ3) is 6.80. The van der Waals surface area contributed by atoms with Crippen LogP contribution in [-0.4, -0.2) is 73.4 Å². The summed E-state index contributed by atoms with van der Waals surface area (Å²) in [7, 11) is 1.75. The van der Waals surface area contributed by atoms with E-state index in [1.807, 2.05) is 56.0 Å². The fourth-order valence-electron chi connectivity index (χ4n) is 5.59. The number of piperidine rings is 1. The summed E-state index contributed by atoms with van der Waals surface area (Å²) < 4.78 is 17.2. The molecule has 36 heavy (non-hydrogen) atoms. The second-order valence-corrected chi connectivity index (χ2v) is 12.2. The fraction of sp³-hybridized carbons (Fsp3) is 0.724. The first kappa shape index (κ1) is 26.9. The van der Waals surface area contributed by atoms with Crippen molar-refractivity contribution in [2.75, 3.05) is 39.9 Å². The minimum absolute atomic E-state index is 0.0591. The highest BCUT2D eigenvalue weighted by molar-refractivity contribution is 5.78. The van der Waals surface area contributed by atoms with Crippen molar-refractivity contribution in [1.29, 1.82) is 0 Å². The van der Waals surface area contributed by atoms with Gasteiger partial charge in [-0.1, -0.05) is 36.8 Å². The van der Waals surface area contributed by atoms with Crippen molar-refractivity contribution in [3.8, 4) is 0 Å². The van der Waals surface area contributed by atoms with Gasteiger partial charge in [-0.25, -0.2) is 4.79 Å². The molecule has 1 aromatic carbocycles. The first-order chi connectivity index (χ1) is 17.1. The molecule has 3 aliphatic rings. The topological polar surface area (TPSA) is 68.3 Å². The van der Waals surface area contributed by atoms with Gasteiger partial charge in [-0.15, -0.1) is 0 Å². The number of esters is 1. The van der Waals surface area contributed by atoms with Crippen molar-refractivity contribution in [2.45, 2.75) is 84.0 Å². The van der Waals surface area contributed by atoms with E-state index in [0.717, 1.165) is 70.1 Å². The molecule has 2 aliphatic carbocycles. The van der Waals surface area contributed by atoms with E-state index in [0.29, 0.717) is 19.8 Å². The van der Waals surface area contributed by atoms with Gasteiger partial charge in [0.15, 0.2) is 0 Å². The predicted octanol–water partition coefficient (Wildman–Crippen LogP) is 5.03. The van der Waals surface area contributed by atoms with E-state index in [1.165, 1.54) is 0 Å². The van der Waals surface area contributed by atoms with Crippen LogP contribution in [0.3, 0.4) is 0 Å². The normalized spacial score (nSPS) is 21.3. The number of carbonyl (C=O) groups excluding carboxylic acids is 2. The van der Waals surface area contributed by atoms with Crippen molar-refractivity contribution in [2.24, 2.45) is 10.8 Å². The van der Waals surface area contributed by atoms with Crippen LogP contribution in [0, 0.1) is 10.8 Å². The second-order valence-electron chi connectivity index (χ2n) is 12.2. The maximum Gasteiger partial charge on any atom is 0.410 e. The van der Waals surface area contributed by atoms with Crippen LogP contribution in [0.2, 0.25) is 0 Å². The number of likely N-dealkylation sites (tertiary alicyclic amines) is 1. The number of hydrogen-bond acceptors (Lipinski definition) is 6. The van der Waals surface area contributed by atoms with Gasteiger partial charge in [-0.2, -0.15) is 0 Å². The number of methoxy groups -OCH3 is 1. The Balaban J connectivity index is 1.34. The van der Waals surface area contributed by atoms with E-state index >= 15 is 0 Å². The minimum atomic E-state index is -0.506. The summed E-state index contributed by atoms with van der Waals surface area (Å²) >= 11 is 0. The summed E-state index contributed by atoms with van der Waals surface area (Å²) in [5.41, 5.74) is 0.0412. The Hall–Kier alpha value is -2.12. The minimum Gasteiger partial charge on any atom is -0.460 e.